The Morgan fingerprint density at radius 3 is 1.98 bits per heavy atom. The van der Waals surface area contributed by atoms with Gasteiger partial charge in [0.1, 0.15) is 12.1 Å². The smallest absolute Gasteiger partial charge is 0.360 e. The Morgan fingerprint density at radius 2 is 1.64 bits per heavy atom. The van der Waals surface area contributed by atoms with Gasteiger partial charge in [0, 0.05) is 17.9 Å². The first-order chi connectivity index (χ1) is 19.4. The van der Waals surface area contributed by atoms with Crippen molar-refractivity contribution in [3.63, 3.8) is 0 Å². The summed E-state index contributed by atoms with van der Waals surface area (Å²) in [4.78, 5) is 23.5. The second-order valence-corrected chi connectivity index (χ2v) is 10.6. The van der Waals surface area contributed by atoms with Crippen LogP contribution in [0.3, 0.4) is 0 Å². The molecule has 0 spiro atoms. The molecule has 0 atom stereocenters. The topological polar surface area (TPSA) is 63.4 Å². The molecule has 1 aliphatic heterocycles. The van der Waals surface area contributed by atoms with Gasteiger partial charge in [0.2, 0.25) is 0 Å². The first-order valence-corrected chi connectivity index (χ1v) is 15.1. The van der Waals surface area contributed by atoms with Crippen LogP contribution in [0.4, 0.5) is 0 Å². The summed E-state index contributed by atoms with van der Waals surface area (Å²) in [5.41, 5.74) is 13.0. The number of aldehydes is 1. The van der Waals surface area contributed by atoms with Crippen molar-refractivity contribution in [3.05, 3.63) is 89.7 Å². The van der Waals surface area contributed by atoms with Crippen molar-refractivity contribution in [2.45, 2.75) is 93.9 Å². The summed E-state index contributed by atoms with van der Waals surface area (Å²) in [6.07, 6.45) is 9.82. The standard InChI is InChI=1S/C12H14O.C11H14.C6H13N.C6H12O.C2H6N.K/c1-4-9(2)12-7-11(8-13)6-5-10(12)3;1-4-10-6-7-11(5-2)9(3)8-10;1-7-5-3-2-4-6-7;1-4-6(7)5(2)3;1-2-3;/h4-8H,1-3H3;7-8H,1,4-5H2,2-3H3;2-6H2,1H3;5H,4H2,1-3H3;1-3H2;/q;-2;;;-1;+1/b9-4-;;;;;. The number of ketones is 1. The number of carbonyl (C=O) groups is 2. The number of hydrogen-bond acceptors (Lipinski definition) is 4. The van der Waals surface area contributed by atoms with Crippen molar-refractivity contribution in [2.24, 2.45) is 11.7 Å². The molecule has 0 bridgehead atoms. The number of allylic oxidation sites excluding steroid dienone is 2. The summed E-state index contributed by atoms with van der Waals surface area (Å²) >= 11 is 0. The van der Waals surface area contributed by atoms with Crippen molar-refractivity contribution < 1.29 is 61.0 Å². The van der Waals surface area contributed by atoms with E-state index in [1.54, 1.807) is 0 Å². The minimum atomic E-state index is 0. The van der Waals surface area contributed by atoms with Gasteiger partial charge in [-0.05, 0) is 76.5 Å². The van der Waals surface area contributed by atoms with E-state index in [1.165, 1.54) is 60.2 Å². The Kier molecular flexibility index (Phi) is 31.2. The molecule has 1 saturated heterocycles. The summed E-state index contributed by atoms with van der Waals surface area (Å²) in [5, 5.41) is 0. The molecule has 1 aliphatic rings. The molecular formula is C37H59KN2O2-2. The van der Waals surface area contributed by atoms with Crippen LogP contribution >= 0.6 is 0 Å². The molecule has 0 unspecified atom stereocenters. The van der Waals surface area contributed by atoms with Crippen LogP contribution in [0.15, 0.2) is 36.4 Å². The largest absolute Gasteiger partial charge is 1.00 e. The zero-order chi connectivity index (χ0) is 31.8. The van der Waals surface area contributed by atoms with Crippen molar-refractivity contribution in [1.29, 1.82) is 0 Å². The van der Waals surface area contributed by atoms with Crippen LogP contribution in [-0.4, -0.2) is 43.7 Å². The van der Waals surface area contributed by atoms with Gasteiger partial charge >= 0.3 is 51.4 Å². The normalized spacial score (nSPS) is 12.5. The number of nitrogens with two attached hydrogens (primary N) is 1. The third kappa shape index (κ3) is 21.7. The molecule has 232 valence electrons. The average molecular weight is 603 g/mol. The number of Topliss-reactive ketones (excluding diaryl/α,β-unsaturated/α-hetero) is 1. The quantitative estimate of drug-likeness (QED) is 0.271. The van der Waals surface area contributed by atoms with Gasteiger partial charge in [0.25, 0.3) is 0 Å². The summed E-state index contributed by atoms with van der Waals surface area (Å²) in [6, 6.07) is 13.2. The number of piperidine rings is 1. The minimum Gasteiger partial charge on any atom is -0.360 e. The van der Waals surface area contributed by atoms with Crippen LogP contribution in [0.5, 0.6) is 0 Å². The van der Waals surface area contributed by atoms with Gasteiger partial charge in [-0.2, -0.15) is 41.3 Å². The maximum atomic E-state index is 10.6. The molecule has 5 heteroatoms. The summed E-state index contributed by atoms with van der Waals surface area (Å²) in [5.74, 6) is 0.574. The fourth-order valence-corrected chi connectivity index (χ4v) is 3.97. The number of rotatable bonds is 6. The maximum Gasteiger partial charge on any atom is 1.00 e. The molecule has 1 heterocycles. The maximum absolute atomic E-state index is 10.6. The Balaban J connectivity index is -0.000000478. The molecule has 1 fully saturated rings. The molecule has 2 aromatic rings. The van der Waals surface area contributed by atoms with E-state index < -0.39 is 0 Å². The zero-order valence-electron chi connectivity index (χ0n) is 28.7. The van der Waals surface area contributed by atoms with Gasteiger partial charge in [-0.3, -0.25) is 9.59 Å². The number of aryl methyl sites for hydroxylation is 3. The van der Waals surface area contributed by atoms with E-state index in [2.05, 4.69) is 77.8 Å². The number of likely N-dealkylation sites (tertiary alicyclic amines) is 1. The van der Waals surface area contributed by atoms with Gasteiger partial charge < -0.3 is 24.5 Å². The van der Waals surface area contributed by atoms with E-state index in [0.717, 1.165) is 30.3 Å². The first kappa shape index (κ1) is 45.5. The molecule has 0 saturated carbocycles. The van der Waals surface area contributed by atoms with Gasteiger partial charge in [-0.15, -0.1) is 6.54 Å². The van der Waals surface area contributed by atoms with Crippen molar-refractivity contribution >= 4 is 17.6 Å². The van der Waals surface area contributed by atoms with Gasteiger partial charge in [0.05, 0.1) is 0 Å². The van der Waals surface area contributed by atoms with Crippen LogP contribution in [0.2, 0.25) is 0 Å². The number of carbonyl (C=O) groups excluding carboxylic acids is 2. The predicted molar refractivity (Wildman–Crippen MR) is 180 cm³/mol. The summed E-state index contributed by atoms with van der Waals surface area (Å²) < 4.78 is 0. The van der Waals surface area contributed by atoms with E-state index in [9.17, 15) is 9.59 Å². The van der Waals surface area contributed by atoms with Crippen LogP contribution < -0.4 is 57.1 Å². The molecule has 42 heavy (non-hydrogen) atoms. The molecule has 4 nitrogen and oxygen atoms in total. The van der Waals surface area contributed by atoms with Gasteiger partial charge in [-0.1, -0.05) is 65.7 Å². The third-order valence-corrected chi connectivity index (χ3v) is 6.81. The second kappa shape index (κ2) is 28.8. The summed E-state index contributed by atoms with van der Waals surface area (Å²) in [6.45, 7) is 26.4. The summed E-state index contributed by atoms with van der Waals surface area (Å²) in [7, 11) is 2.19. The van der Waals surface area contributed by atoms with E-state index in [-0.39, 0.29) is 57.3 Å². The number of benzene rings is 2. The van der Waals surface area contributed by atoms with Gasteiger partial charge in [0.15, 0.2) is 0 Å². The van der Waals surface area contributed by atoms with Crippen LogP contribution in [0, 0.1) is 39.7 Å². The number of hydrogen-bond donors (Lipinski definition) is 1. The number of nitrogens with zero attached hydrogens (tertiary/aromatic N) is 1. The first-order valence-electron chi connectivity index (χ1n) is 15.1. The zero-order valence-corrected chi connectivity index (χ0v) is 31.9. The molecule has 2 N–H and O–H groups in total. The Morgan fingerprint density at radius 1 is 1.07 bits per heavy atom. The van der Waals surface area contributed by atoms with Crippen molar-refractivity contribution in [1.82, 2.24) is 4.90 Å². The molecule has 2 aromatic carbocycles. The van der Waals surface area contributed by atoms with E-state index >= 15 is 0 Å². The molecule has 0 amide bonds. The van der Waals surface area contributed by atoms with Gasteiger partial charge in [-0.25, -0.2) is 0 Å². The second-order valence-electron chi connectivity index (χ2n) is 10.6. The molecular weight excluding hydrogens is 544 g/mol. The van der Waals surface area contributed by atoms with Crippen LogP contribution in [0.25, 0.3) is 5.57 Å². The molecule has 0 aliphatic carbocycles. The van der Waals surface area contributed by atoms with Crippen LogP contribution in [0.1, 0.15) is 105 Å². The third-order valence-electron chi connectivity index (χ3n) is 6.81. The SMILES string of the molecule is C/C=C(/C)c1cc(C=O)ccc1C.CCC(=O)C(C)C.CN1CCCCC1.[CH2-]CN.[CH2-]Cc1[c-]cc(CC)c(C)c1.[K+]. The van der Waals surface area contributed by atoms with E-state index in [1.807, 2.05) is 45.9 Å². The van der Waals surface area contributed by atoms with Crippen molar-refractivity contribution in [3.8, 4) is 0 Å². The predicted octanol–water partition coefficient (Wildman–Crippen LogP) is 5.47. The Bertz CT molecular complexity index is 1010. The fraction of sp³-hybridized carbons (Fsp3) is 0.514. The molecule has 3 rings (SSSR count). The minimum absolute atomic E-state index is 0. The van der Waals surface area contributed by atoms with E-state index in [4.69, 9.17) is 5.73 Å². The van der Waals surface area contributed by atoms with Crippen LogP contribution in [-0.2, 0) is 17.6 Å². The van der Waals surface area contributed by atoms with Crippen molar-refractivity contribution in [2.75, 3.05) is 26.7 Å². The molecule has 0 radical (unpaired) electrons. The Labute approximate surface area is 302 Å². The molecule has 0 aromatic heterocycles. The van der Waals surface area contributed by atoms with E-state index in [0.29, 0.717) is 18.7 Å². The Hall–Kier alpha value is -0.924. The monoisotopic (exact) mass is 602 g/mol. The fourth-order valence-electron chi connectivity index (χ4n) is 3.97. The average Bonchev–Trinajstić information content (AvgIpc) is 2.98.